The summed E-state index contributed by atoms with van der Waals surface area (Å²) in [6.45, 7) is 9.26. The van der Waals surface area contributed by atoms with Crippen LogP contribution in [0.4, 0.5) is 5.69 Å². The average Bonchev–Trinajstić information content (AvgIpc) is 2.80. The van der Waals surface area contributed by atoms with Crippen LogP contribution < -0.4 is 9.62 Å². The summed E-state index contributed by atoms with van der Waals surface area (Å²) in [4.78, 5) is 28.1. The van der Waals surface area contributed by atoms with E-state index in [-0.39, 0.29) is 24.4 Å². The molecule has 0 heterocycles. The number of hydrogen-bond acceptors (Lipinski definition) is 4. The highest BCUT2D eigenvalue weighted by Gasteiger charge is 2.31. The Kier molecular flexibility index (Phi) is 10.3. The molecular formula is C26H36BrN3O4S. The maximum Gasteiger partial charge on any atom is 0.244 e. The van der Waals surface area contributed by atoms with Crippen LogP contribution in [0.5, 0.6) is 0 Å². The molecule has 0 aromatic heterocycles. The zero-order valence-electron chi connectivity index (χ0n) is 21.3. The van der Waals surface area contributed by atoms with Gasteiger partial charge in [-0.05, 0) is 55.5 Å². The van der Waals surface area contributed by atoms with E-state index in [9.17, 15) is 18.0 Å². The molecule has 0 radical (unpaired) electrons. The third kappa shape index (κ3) is 8.07. The van der Waals surface area contributed by atoms with Crippen LogP contribution in [0.1, 0.15) is 58.1 Å². The Bertz CT molecular complexity index is 1120. The van der Waals surface area contributed by atoms with E-state index in [1.54, 1.807) is 19.1 Å². The molecule has 0 saturated heterocycles. The lowest BCUT2D eigenvalue weighted by molar-refractivity contribution is -0.139. The zero-order chi connectivity index (χ0) is 26.3. The van der Waals surface area contributed by atoms with Gasteiger partial charge in [-0.3, -0.25) is 13.9 Å². The van der Waals surface area contributed by atoms with Gasteiger partial charge in [0.1, 0.15) is 12.6 Å². The number of sulfonamides is 1. The highest BCUT2D eigenvalue weighted by molar-refractivity contribution is 9.10. The van der Waals surface area contributed by atoms with Crippen LogP contribution in [0.3, 0.4) is 0 Å². The van der Waals surface area contributed by atoms with Crippen LogP contribution in [0.15, 0.2) is 53.0 Å². The molecule has 9 heteroatoms. The molecule has 7 nitrogen and oxygen atoms in total. The second-order valence-corrected chi connectivity index (χ2v) is 11.9. The van der Waals surface area contributed by atoms with Gasteiger partial charge in [0.05, 0.1) is 11.9 Å². The quantitative estimate of drug-likeness (QED) is 0.429. The number of carbonyl (C=O) groups is 2. The van der Waals surface area contributed by atoms with Gasteiger partial charge in [-0.1, -0.05) is 67.0 Å². The van der Waals surface area contributed by atoms with Crippen molar-refractivity contribution in [3.8, 4) is 0 Å². The Morgan fingerprint density at radius 1 is 1.00 bits per heavy atom. The van der Waals surface area contributed by atoms with E-state index < -0.39 is 28.5 Å². The molecule has 1 N–H and O–H groups in total. The molecule has 0 fully saturated rings. The summed E-state index contributed by atoms with van der Waals surface area (Å²) in [5.74, 6) is -0.674. The molecule has 0 spiro atoms. The van der Waals surface area contributed by atoms with E-state index in [1.165, 1.54) is 4.90 Å². The molecule has 192 valence electrons. The molecule has 0 unspecified atom stereocenters. The van der Waals surface area contributed by atoms with Gasteiger partial charge in [-0.15, -0.1) is 0 Å². The monoisotopic (exact) mass is 565 g/mol. The van der Waals surface area contributed by atoms with E-state index >= 15 is 0 Å². The third-order valence-electron chi connectivity index (χ3n) is 5.94. The van der Waals surface area contributed by atoms with Crippen molar-refractivity contribution in [1.82, 2.24) is 10.2 Å². The van der Waals surface area contributed by atoms with Crippen LogP contribution >= 0.6 is 15.9 Å². The van der Waals surface area contributed by atoms with Crippen molar-refractivity contribution < 1.29 is 18.0 Å². The molecule has 2 aromatic rings. The minimum atomic E-state index is -3.77. The van der Waals surface area contributed by atoms with E-state index in [4.69, 9.17) is 0 Å². The van der Waals surface area contributed by atoms with Crippen molar-refractivity contribution in [3.05, 3.63) is 64.1 Å². The first kappa shape index (κ1) is 28.8. The lowest BCUT2D eigenvalue weighted by Gasteiger charge is -2.32. The van der Waals surface area contributed by atoms with Crippen LogP contribution in [0.2, 0.25) is 0 Å². The highest BCUT2D eigenvalue weighted by Crippen LogP contribution is 2.29. The van der Waals surface area contributed by atoms with Gasteiger partial charge in [0.15, 0.2) is 0 Å². The molecule has 0 saturated carbocycles. The molecule has 0 aliphatic heterocycles. The number of nitrogens with one attached hydrogen (secondary N) is 1. The molecule has 35 heavy (non-hydrogen) atoms. The average molecular weight is 567 g/mol. The Morgan fingerprint density at radius 3 is 2.14 bits per heavy atom. The highest BCUT2D eigenvalue weighted by atomic mass is 79.9. The summed E-state index contributed by atoms with van der Waals surface area (Å²) in [5, 5.41) is 2.93. The summed E-state index contributed by atoms with van der Waals surface area (Å²) in [6.07, 6.45) is 1.85. The Labute approximate surface area is 218 Å². The van der Waals surface area contributed by atoms with Crippen LogP contribution in [0.25, 0.3) is 0 Å². The van der Waals surface area contributed by atoms with Crippen molar-refractivity contribution in [1.29, 1.82) is 0 Å². The molecule has 0 aliphatic rings. The Hall–Kier alpha value is -2.39. The third-order valence-corrected chi connectivity index (χ3v) is 7.60. The fourth-order valence-corrected chi connectivity index (χ4v) is 4.77. The lowest BCUT2D eigenvalue weighted by Crippen LogP contribution is -2.52. The van der Waals surface area contributed by atoms with E-state index in [0.29, 0.717) is 5.69 Å². The van der Waals surface area contributed by atoms with Crippen molar-refractivity contribution in [2.45, 2.75) is 65.6 Å². The van der Waals surface area contributed by atoms with Crippen LogP contribution in [0, 0.1) is 0 Å². The van der Waals surface area contributed by atoms with E-state index in [2.05, 4.69) is 21.2 Å². The maximum absolute atomic E-state index is 13.7. The number of nitrogens with zero attached hydrogens (tertiary/aromatic N) is 2. The second kappa shape index (κ2) is 12.5. The van der Waals surface area contributed by atoms with Gasteiger partial charge in [-0.2, -0.15) is 0 Å². The van der Waals surface area contributed by atoms with Crippen molar-refractivity contribution in [3.63, 3.8) is 0 Å². The predicted octanol–water partition coefficient (Wildman–Crippen LogP) is 4.67. The van der Waals surface area contributed by atoms with Crippen molar-refractivity contribution in [2.75, 3.05) is 17.1 Å². The summed E-state index contributed by atoms with van der Waals surface area (Å²) >= 11 is 3.41. The molecule has 0 bridgehead atoms. The topological polar surface area (TPSA) is 86.8 Å². The summed E-state index contributed by atoms with van der Waals surface area (Å²) in [5.41, 5.74) is 2.13. The fourth-order valence-electron chi connectivity index (χ4n) is 3.63. The first-order chi connectivity index (χ1) is 16.3. The van der Waals surface area contributed by atoms with Gasteiger partial charge < -0.3 is 10.2 Å². The molecule has 2 aromatic carbocycles. The molecule has 2 rings (SSSR count). The van der Waals surface area contributed by atoms with Gasteiger partial charge in [0, 0.05) is 17.1 Å². The number of rotatable bonds is 11. The molecule has 0 aliphatic carbocycles. The summed E-state index contributed by atoms with van der Waals surface area (Å²) in [7, 11) is -3.77. The number of carbonyl (C=O) groups excluding carboxylic acids is 2. The molecular weight excluding hydrogens is 530 g/mol. The number of halogens is 1. The first-order valence-electron chi connectivity index (χ1n) is 11.8. The smallest absolute Gasteiger partial charge is 0.244 e. The number of anilines is 1. The van der Waals surface area contributed by atoms with Gasteiger partial charge in [-0.25, -0.2) is 8.42 Å². The zero-order valence-corrected chi connectivity index (χ0v) is 23.7. The van der Waals surface area contributed by atoms with Crippen molar-refractivity contribution in [2.24, 2.45) is 0 Å². The predicted molar refractivity (Wildman–Crippen MR) is 145 cm³/mol. The normalized spacial score (nSPS) is 13.3. The first-order valence-corrected chi connectivity index (χ1v) is 14.4. The lowest BCUT2D eigenvalue weighted by atomic mass is 10.0. The van der Waals surface area contributed by atoms with Gasteiger partial charge in [0.25, 0.3) is 0 Å². The number of amides is 2. The SMILES string of the molecule is CC[C@H](C)NC(=O)[C@@H](C)N(Cc1ccc(Br)cc1)C(=O)CN(c1ccccc1C(C)C)S(C)(=O)=O. The Balaban J connectivity index is 2.44. The van der Waals surface area contributed by atoms with Gasteiger partial charge in [0.2, 0.25) is 21.8 Å². The van der Waals surface area contributed by atoms with Gasteiger partial charge >= 0.3 is 0 Å². The fraction of sp³-hybridized carbons (Fsp3) is 0.462. The van der Waals surface area contributed by atoms with Crippen LogP contribution in [-0.2, 0) is 26.2 Å². The molecule has 2 atom stereocenters. The standard InChI is InChI=1S/C26H36BrN3O4S/c1-7-19(4)28-26(32)20(5)29(16-21-12-14-22(27)15-13-21)25(31)17-30(35(6,33)34)24-11-9-8-10-23(24)18(2)3/h8-15,18-20H,7,16-17H2,1-6H3,(H,28,32)/t19-,20+/m0/s1. The number of hydrogen-bond donors (Lipinski definition) is 1. The minimum Gasteiger partial charge on any atom is -0.352 e. The van der Waals surface area contributed by atoms with Crippen molar-refractivity contribution >= 4 is 43.5 Å². The maximum atomic E-state index is 13.7. The number of benzene rings is 2. The largest absolute Gasteiger partial charge is 0.352 e. The van der Waals surface area contributed by atoms with Crippen LogP contribution in [-0.4, -0.2) is 50.0 Å². The number of para-hydroxylation sites is 1. The summed E-state index contributed by atoms with van der Waals surface area (Å²) < 4.78 is 27.7. The second-order valence-electron chi connectivity index (χ2n) is 9.13. The minimum absolute atomic E-state index is 0.0416. The Morgan fingerprint density at radius 2 is 1.60 bits per heavy atom. The molecule has 2 amide bonds. The van der Waals surface area contributed by atoms with E-state index in [1.807, 2.05) is 64.1 Å². The van der Waals surface area contributed by atoms with E-state index in [0.717, 1.165) is 32.6 Å². The summed E-state index contributed by atoms with van der Waals surface area (Å²) in [6, 6.07) is 13.8.